The van der Waals surface area contributed by atoms with Gasteiger partial charge in [-0.1, -0.05) is 57.9 Å². The second kappa shape index (κ2) is 3.44. The van der Waals surface area contributed by atoms with Gasteiger partial charge in [0.2, 0.25) is 0 Å². The minimum atomic E-state index is 0.637. The van der Waals surface area contributed by atoms with Crippen LogP contribution in [-0.2, 0) is 6.42 Å². The molecule has 0 aromatic heterocycles. The van der Waals surface area contributed by atoms with E-state index < -0.39 is 0 Å². The summed E-state index contributed by atoms with van der Waals surface area (Å²) in [5, 5.41) is 0. The highest BCUT2D eigenvalue weighted by atomic mass is 79.9. The molecule has 0 saturated carbocycles. The third-order valence-electron chi connectivity index (χ3n) is 2.24. The summed E-state index contributed by atoms with van der Waals surface area (Å²) in [4.78, 5) is 0.637. The lowest BCUT2D eigenvalue weighted by Crippen LogP contribution is -2.13. The van der Waals surface area contributed by atoms with Gasteiger partial charge in [-0.05, 0) is 18.4 Å². The molecule has 2 rings (SSSR count). The van der Waals surface area contributed by atoms with Crippen LogP contribution in [0.15, 0.2) is 42.0 Å². The molecule has 1 unspecified atom stereocenters. The molecular formula is C11H11Br. The summed E-state index contributed by atoms with van der Waals surface area (Å²) in [6.45, 7) is 0. The molecule has 0 amide bonds. The molecule has 1 aliphatic carbocycles. The Bertz CT molecular complexity index is 287. The fraction of sp³-hybridized carbons (Fsp3) is 0.273. The lowest BCUT2D eigenvalue weighted by atomic mass is 9.92. The van der Waals surface area contributed by atoms with Crippen LogP contribution in [0, 0.1) is 0 Å². The molecule has 0 heterocycles. The van der Waals surface area contributed by atoms with Crippen LogP contribution in [0.5, 0.6) is 0 Å². The van der Waals surface area contributed by atoms with Gasteiger partial charge in [0.05, 0.1) is 0 Å². The molecule has 0 spiro atoms. The van der Waals surface area contributed by atoms with Crippen molar-refractivity contribution in [1.29, 1.82) is 0 Å². The van der Waals surface area contributed by atoms with Crippen LogP contribution in [0.2, 0.25) is 0 Å². The third kappa shape index (κ3) is 1.61. The first-order valence-corrected chi connectivity index (χ1v) is 5.15. The first-order chi connectivity index (χ1) is 5.86. The summed E-state index contributed by atoms with van der Waals surface area (Å²) >= 11 is 3.62. The van der Waals surface area contributed by atoms with Gasteiger partial charge in [0.25, 0.3) is 0 Å². The minimum absolute atomic E-state index is 0.637. The van der Waals surface area contributed by atoms with Gasteiger partial charge < -0.3 is 0 Å². The van der Waals surface area contributed by atoms with E-state index in [-0.39, 0.29) is 0 Å². The fourth-order valence-electron chi connectivity index (χ4n) is 1.39. The van der Waals surface area contributed by atoms with E-state index in [1.54, 1.807) is 0 Å². The molecule has 1 atom stereocenters. The summed E-state index contributed by atoms with van der Waals surface area (Å²) in [6, 6.07) is 10.6. The molecule has 0 N–H and O–H groups in total. The van der Waals surface area contributed by atoms with Crippen molar-refractivity contribution in [2.45, 2.75) is 17.7 Å². The molecule has 0 bridgehead atoms. The molecule has 0 aliphatic heterocycles. The first-order valence-electron chi connectivity index (χ1n) is 4.23. The van der Waals surface area contributed by atoms with Crippen molar-refractivity contribution in [3.63, 3.8) is 0 Å². The Morgan fingerprint density at radius 2 is 2.00 bits per heavy atom. The van der Waals surface area contributed by atoms with Gasteiger partial charge in [-0.2, -0.15) is 0 Å². The lowest BCUT2D eigenvalue weighted by molar-refractivity contribution is 0.861. The molecule has 1 aromatic rings. The summed E-state index contributed by atoms with van der Waals surface area (Å²) in [6.07, 6.45) is 4.62. The van der Waals surface area contributed by atoms with Crippen LogP contribution in [-0.4, -0.2) is 4.83 Å². The standard InChI is InChI=1S/C11H11Br/c12-11-7-6-10(11)8-9-4-2-1-3-5-9/h1-6,11H,7-8H2. The van der Waals surface area contributed by atoms with Gasteiger partial charge in [0.15, 0.2) is 0 Å². The average Bonchev–Trinajstić information content (AvgIpc) is 2.14. The van der Waals surface area contributed by atoms with E-state index in [9.17, 15) is 0 Å². The Morgan fingerprint density at radius 1 is 1.25 bits per heavy atom. The van der Waals surface area contributed by atoms with Crippen molar-refractivity contribution in [3.8, 4) is 0 Å². The number of allylic oxidation sites excluding steroid dienone is 2. The molecule has 12 heavy (non-hydrogen) atoms. The SMILES string of the molecule is BrC1CC=C1Cc1ccccc1. The number of hydrogen-bond acceptors (Lipinski definition) is 0. The van der Waals surface area contributed by atoms with Crippen LogP contribution < -0.4 is 0 Å². The minimum Gasteiger partial charge on any atom is -0.0839 e. The Kier molecular flexibility index (Phi) is 2.31. The Labute approximate surface area is 81.4 Å². The largest absolute Gasteiger partial charge is 0.0839 e. The fourth-order valence-corrected chi connectivity index (χ4v) is 1.92. The van der Waals surface area contributed by atoms with E-state index in [0.29, 0.717) is 4.83 Å². The highest BCUT2D eigenvalue weighted by Crippen LogP contribution is 2.29. The molecule has 0 saturated heterocycles. The van der Waals surface area contributed by atoms with E-state index in [2.05, 4.69) is 52.3 Å². The molecular weight excluding hydrogens is 212 g/mol. The Balaban J connectivity index is 2.05. The Hall–Kier alpha value is -0.560. The van der Waals surface area contributed by atoms with Gasteiger partial charge in [-0.15, -0.1) is 0 Å². The van der Waals surface area contributed by atoms with Crippen molar-refractivity contribution < 1.29 is 0 Å². The maximum Gasteiger partial charge on any atom is 0.0392 e. The van der Waals surface area contributed by atoms with Crippen molar-refractivity contribution in [2.24, 2.45) is 0 Å². The highest BCUT2D eigenvalue weighted by Gasteiger charge is 2.17. The molecule has 0 radical (unpaired) electrons. The zero-order chi connectivity index (χ0) is 8.39. The monoisotopic (exact) mass is 222 g/mol. The van der Waals surface area contributed by atoms with Crippen molar-refractivity contribution in [2.75, 3.05) is 0 Å². The average molecular weight is 223 g/mol. The maximum absolute atomic E-state index is 3.62. The van der Waals surface area contributed by atoms with Crippen molar-refractivity contribution >= 4 is 15.9 Å². The number of rotatable bonds is 2. The van der Waals surface area contributed by atoms with E-state index >= 15 is 0 Å². The predicted molar refractivity (Wildman–Crippen MR) is 55.6 cm³/mol. The summed E-state index contributed by atoms with van der Waals surface area (Å²) in [5.74, 6) is 0. The smallest absolute Gasteiger partial charge is 0.0392 e. The second-order valence-electron chi connectivity index (χ2n) is 3.14. The van der Waals surface area contributed by atoms with Crippen molar-refractivity contribution in [3.05, 3.63) is 47.5 Å². The number of halogens is 1. The van der Waals surface area contributed by atoms with E-state index in [1.165, 1.54) is 17.6 Å². The van der Waals surface area contributed by atoms with E-state index in [1.807, 2.05) is 0 Å². The van der Waals surface area contributed by atoms with Crippen LogP contribution >= 0.6 is 15.9 Å². The quantitative estimate of drug-likeness (QED) is 0.533. The highest BCUT2D eigenvalue weighted by molar-refractivity contribution is 9.09. The van der Waals surface area contributed by atoms with Crippen LogP contribution in [0.4, 0.5) is 0 Å². The summed E-state index contributed by atoms with van der Waals surface area (Å²) in [7, 11) is 0. The van der Waals surface area contributed by atoms with Crippen LogP contribution in [0.1, 0.15) is 12.0 Å². The number of benzene rings is 1. The molecule has 62 valence electrons. The van der Waals surface area contributed by atoms with Gasteiger partial charge >= 0.3 is 0 Å². The predicted octanol–water partition coefficient (Wildman–Crippen LogP) is 3.32. The van der Waals surface area contributed by atoms with Gasteiger partial charge in [-0.3, -0.25) is 0 Å². The van der Waals surface area contributed by atoms with Crippen LogP contribution in [0.3, 0.4) is 0 Å². The first kappa shape index (κ1) is 8.06. The van der Waals surface area contributed by atoms with Gasteiger partial charge in [0.1, 0.15) is 0 Å². The summed E-state index contributed by atoms with van der Waals surface area (Å²) < 4.78 is 0. The molecule has 1 aliphatic rings. The summed E-state index contributed by atoms with van der Waals surface area (Å²) in [5.41, 5.74) is 2.94. The van der Waals surface area contributed by atoms with Crippen LogP contribution in [0.25, 0.3) is 0 Å². The zero-order valence-electron chi connectivity index (χ0n) is 6.83. The number of alkyl halides is 1. The Morgan fingerprint density at radius 3 is 2.50 bits per heavy atom. The molecule has 1 heteroatoms. The normalized spacial score (nSPS) is 21.4. The maximum atomic E-state index is 3.62. The van der Waals surface area contributed by atoms with E-state index in [4.69, 9.17) is 0 Å². The number of hydrogen-bond donors (Lipinski definition) is 0. The molecule has 0 nitrogen and oxygen atoms in total. The van der Waals surface area contributed by atoms with E-state index in [0.717, 1.165) is 6.42 Å². The zero-order valence-corrected chi connectivity index (χ0v) is 8.42. The second-order valence-corrected chi connectivity index (χ2v) is 4.25. The molecule has 1 aromatic carbocycles. The van der Waals surface area contributed by atoms with Crippen molar-refractivity contribution in [1.82, 2.24) is 0 Å². The topological polar surface area (TPSA) is 0 Å². The lowest BCUT2D eigenvalue weighted by Gasteiger charge is -2.21. The van der Waals surface area contributed by atoms with Gasteiger partial charge in [0, 0.05) is 4.83 Å². The van der Waals surface area contributed by atoms with Gasteiger partial charge in [-0.25, -0.2) is 0 Å². The third-order valence-corrected chi connectivity index (χ3v) is 3.20. The molecule has 0 fully saturated rings.